The van der Waals surface area contributed by atoms with Crippen LogP contribution < -0.4 is 0 Å². The van der Waals surface area contributed by atoms with E-state index in [2.05, 4.69) is 45.0 Å². The number of benzene rings is 1. The fourth-order valence-corrected chi connectivity index (χ4v) is 4.34. The van der Waals surface area contributed by atoms with E-state index in [0.29, 0.717) is 11.8 Å². The van der Waals surface area contributed by atoms with Gasteiger partial charge >= 0.3 is 0 Å². The molecule has 2 heterocycles. The number of carbonyl (C=O) groups is 1. The lowest BCUT2D eigenvalue weighted by Gasteiger charge is -2.33. The Morgan fingerprint density at radius 2 is 2.17 bits per heavy atom. The third kappa shape index (κ3) is 3.75. The van der Waals surface area contributed by atoms with Crippen LogP contribution in [0.4, 0.5) is 0 Å². The minimum Gasteiger partial charge on any atom is -0.339 e. The highest BCUT2D eigenvalue weighted by atomic mass is 32.2. The molecular formula is C20H26N2OS. The minimum atomic E-state index is 0.250. The molecule has 1 fully saturated rings. The Balaban J connectivity index is 1.77. The molecule has 0 N–H and O–H groups in total. The summed E-state index contributed by atoms with van der Waals surface area (Å²) in [6.45, 7) is 7.31. The van der Waals surface area contributed by atoms with Crippen LogP contribution in [0.15, 0.2) is 29.3 Å². The van der Waals surface area contributed by atoms with Crippen molar-refractivity contribution in [1.82, 2.24) is 9.88 Å². The lowest BCUT2D eigenvalue weighted by atomic mass is 10.0. The number of pyridine rings is 1. The van der Waals surface area contributed by atoms with E-state index >= 15 is 0 Å². The van der Waals surface area contributed by atoms with Gasteiger partial charge in [0, 0.05) is 18.0 Å². The Labute approximate surface area is 148 Å². The number of aryl methyl sites for hydroxylation is 2. The van der Waals surface area contributed by atoms with E-state index in [1.54, 1.807) is 11.8 Å². The first-order chi connectivity index (χ1) is 11.6. The largest absolute Gasteiger partial charge is 0.339 e. The van der Waals surface area contributed by atoms with Crippen molar-refractivity contribution >= 4 is 28.6 Å². The summed E-state index contributed by atoms with van der Waals surface area (Å²) < 4.78 is 0. The number of thioether (sulfide) groups is 1. The number of fused-ring (bicyclic) bond motifs is 1. The average molecular weight is 343 g/mol. The fourth-order valence-electron chi connectivity index (χ4n) is 3.36. The van der Waals surface area contributed by atoms with E-state index in [9.17, 15) is 4.79 Å². The molecule has 4 heteroatoms. The molecule has 0 radical (unpaired) electrons. The quantitative estimate of drug-likeness (QED) is 0.762. The average Bonchev–Trinajstić information content (AvgIpc) is 2.59. The lowest BCUT2D eigenvalue weighted by Crippen LogP contribution is -2.42. The van der Waals surface area contributed by atoms with E-state index in [4.69, 9.17) is 4.98 Å². The molecule has 1 aromatic carbocycles. The zero-order chi connectivity index (χ0) is 17.1. The van der Waals surface area contributed by atoms with Gasteiger partial charge in [0.15, 0.2) is 0 Å². The molecule has 1 aliphatic heterocycles. The summed E-state index contributed by atoms with van der Waals surface area (Å²) in [5.41, 5.74) is 3.47. The zero-order valence-corrected chi connectivity index (χ0v) is 15.7. The highest BCUT2D eigenvalue weighted by molar-refractivity contribution is 7.99. The summed E-state index contributed by atoms with van der Waals surface area (Å²) in [5, 5.41) is 2.19. The first kappa shape index (κ1) is 17.3. The van der Waals surface area contributed by atoms with Crippen LogP contribution in [0.5, 0.6) is 0 Å². The van der Waals surface area contributed by atoms with Gasteiger partial charge in [-0.2, -0.15) is 0 Å². The van der Waals surface area contributed by atoms with E-state index < -0.39 is 0 Å². The molecule has 1 aliphatic rings. The number of piperidine rings is 1. The summed E-state index contributed by atoms with van der Waals surface area (Å²) in [4.78, 5) is 19.5. The van der Waals surface area contributed by atoms with Crippen molar-refractivity contribution in [2.24, 2.45) is 0 Å². The topological polar surface area (TPSA) is 33.2 Å². The Kier molecular flexibility index (Phi) is 5.44. The number of hydrogen-bond acceptors (Lipinski definition) is 3. The molecule has 0 bridgehead atoms. The van der Waals surface area contributed by atoms with Gasteiger partial charge in [-0.05, 0) is 62.8 Å². The molecule has 3 nitrogen and oxygen atoms in total. The van der Waals surface area contributed by atoms with Crippen molar-refractivity contribution in [3.63, 3.8) is 0 Å². The SMILES string of the molecule is CCc1cc2ccc(C)cc2nc1SCC(=O)N1CCCCC1C. The van der Waals surface area contributed by atoms with Gasteiger partial charge in [-0.3, -0.25) is 4.79 Å². The zero-order valence-electron chi connectivity index (χ0n) is 14.8. The standard InChI is InChI=1S/C20H26N2OS/c1-4-16-12-17-9-8-14(2)11-18(17)21-20(16)24-13-19(23)22-10-6-5-7-15(22)3/h8-9,11-12,15H,4-7,10,13H2,1-3H3. The Bertz CT molecular complexity index is 744. The molecule has 0 spiro atoms. The van der Waals surface area contributed by atoms with Crippen LogP contribution >= 0.6 is 11.8 Å². The molecule has 3 rings (SSSR count). The molecule has 24 heavy (non-hydrogen) atoms. The minimum absolute atomic E-state index is 0.250. The highest BCUT2D eigenvalue weighted by Gasteiger charge is 2.23. The smallest absolute Gasteiger partial charge is 0.233 e. The van der Waals surface area contributed by atoms with E-state index in [1.165, 1.54) is 22.9 Å². The van der Waals surface area contributed by atoms with Gasteiger partial charge in [0.1, 0.15) is 5.03 Å². The van der Waals surface area contributed by atoms with Crippen molar-refractivity contribution in [3.05, 3.63) is 35.4 Å². The van der Waals surface area contributed by atoms with Crippen LogP contribution in [-0.2, 0) is 11.2 Å². The summed E-state index contributed by atoms with van der Waals surface area (Å²) in [7, 11) is 0. The van der Waals surface area contributed by atoms with Gasteiger partial charge in [-0.25, -0.2) is 4.98 Å². The van der Waals surface area contributed by atoms with Crippen LogP contribution in [0.3, 0.4) is 0 Å². The number of rotatable bonds is 4. The molecule has 1 aromatic heterocycles. The van der Waals surface area contributed by atoms with Crippen LogP contribution in [0.2, 0.25) is 0 Å². The first-order valence-electron chi connectivity index (χ1n) is 8.91. The number of likely N-dealkylation sites (tertiary alicyclic amines) is 1. The normalized spacial score (nSPS) is 18.1. The molecule has 1 saturated heterocycles. The molecule has 2 aromatic rings. The number of amides is 1. The number of aromatic nitrogens is 1. The third-order valence-corrected chi connectivity index (χ3v) is 5.87. The van der Waals surface area contributed by atoms with Gasteiger partial charge in [-0.1, -0.05) is 30.8 Å². The monoisotopic (exact) mass is 342 g/mol. The Hall–Kier alpha value is -1.55. The van der Waals surface area contributed by atoms with Gasteiger partial charge in [0.2, 0.25) is 5.91 Å². The van der Waals surface area contributed by atoms with Gasteiger partial charge in [0.05, 0.1) is 11.3 Å². The first-order valence-corrected chi connectivity index (χ1v) is 9.89. The molecule has 1 amide bonds. The van der Waals surface area contributed by atoms with Crippen molar-refractivity contribution in [2.45, 2.75) is 57.5 Å². The summed E-state index contributed by atoms with van der Waals surface area (Å²) >= 11 is 1.59. The number of carbonyl (C=O) groups excluding carboxylic acids is 1. The molecule has 0 aliphatic carbocycles. The van der Waals surface area contributed by atoms with Crippen molar-refractivity contribution in [2.75, 3.05) is 12.3 Å². The maximum atomic E-state index is 12.6. The molecule has 0 saturated carbocycles. The Morgan fingerprint density at radius 3 is 2.92 bits per heavy atom. The second-order valence-electron chi connectivity index (χ2n) is 6.72. The maximum absolute atomic E-state index is 12.6. The van der Waals surface area contributed by atoms with Crippen molar-refractivity contribution < 1.29 is 4.79 Å². The number of nitrogens with zero attached hydrogens (tertiary/aromatic N) is 2. The predicted molar refractivity (Wildman–Crippen MR) is 102 cm³/mol. The van der Waals surface area contributed by atoms with Crippen LogP contribution in [-0.4, -0.2) is 34.1 Å². The van der Waals surface area contributed by atoms with Crippen molar-refractivity contribution in [1.29, 1.82) is 0 Å². The predicted octanol–water partition coefficient (Wildman–Crippen LogP) is 4.60. The van der Waals surface area contributed by atoms with Crippen LogP contribution in [0.25, 0.3) is 10.9 Å². The summed E-state index contributed by atoms with van der Waals surface area (Å²) in [5.74, 6) is 0.738. The summed E-state index contributed by atoms with van der Waals surface area (Å²) in [6.07, 6.45) is 4.44. The van der Waals surface area contributed by atoms with Gasteiger partial charge in [0.25, 0.3) is 0 Å². The van der Waals surface area contributed by atoms with Crippen molar-refractivity contribution in [3.8, 4) is 0 Å². The van der Waals surface area contributed by atoms with E-state index in [-0.39, 0.29) is 5.91 Å². The molecule has 1 atom stereocenters. The van der Waals surface area contributed by atoms with E-state index in [1.807, 2.05) is 4.90 Å². The lowest BCUT2D eigenvalue weighted by molar-refractivity contribution is -0.131. The van der Waals surface area contributed by atoms with Gasteiger partial charge < -0.3 is 4.90 Å². The van der Waals surface area contributed by atoms with Crippen LogP contribution in [0, 0.1) is 6.92 Å². The second-order valence-corrected chi connectivity index (χ2v) is 7.69. The third-order valence-electron chi connectivity index (χ3n) is 4.85. The highest BCUT2D eigenvalue weighted by Crippen LogP contribution is 2.27. The Morgan fingerprint density at radius 1 is 1.33 bits per heavy atom. The molecule has 1 unspecified atom stereocenters. The summed E-state index contributed by atoms with van der Waals surface area (Å²) in [6, 6.07) is 8.97. The molecule has 128 valence electrons. The van der Waals surface area contributed by atoms with Gasteiger partial charge in [-0.15, -0.1) is 0 Å². The molecular weight excluding hydrogens is 316 g/mol. The van der Waals surface area contributed by atoms with E-state index in [0.717, 1.165) is 36.3 Å². The van der Waals surface area contributed by atoms with Crippen LogP contribution in [0.1, 0.15) is 44.2 Å². The second kappa shape index (κ2) is 7.56. The maximum Gasteiger partial charge on any atom is 0.233 e. The fraction of sp³-hybridized carbons (Fsp3) is 0.500. The number of hydrogen-bond donors (Lipinski definition) is 0.